The van der Waals surface area contributed by atoms with Crippen molar-refractivity contribution < 1.29 is 23.6 Å². The number of halogens is 1. The molecule has 0 aromatic heterocycles. The fourth-order valence-corrected chi connectivity index (χ4v) is 2.50. The average molecular weight is 387 g/mol. The zero-order chi connectivity index (χ0) is 20.3. The number of amides is 1. The van der Waals surface area contributed by atoms with Gasteiger partial charge in [-0.2, -0.15) is 0 Å². The van der Waals surface area contributed by atoms with Crippen molar-refractivity contribution in [1.82, 2.24) is 0 Å². The summed E-state index contributed by atoms with van der Waals surface area (Å²) in [6, 6.07) is 8.43. The number of nitrogens with one attached hydrogen (secondary N) is 2. The van der Waals surface area contributed by atoms with Gasteiger partial charge in [0.2, 0.25) is 0 Å². The Kier molecular flexibility index (Phi) is 5.53. The van der Waals surface area contributed by atoms with Crippen molar-refractivity contribution in [3.05, 3.63) is 63.5 Å². The number of esters is 1. The lowest BCUT2D eigenvalue weighted by molar-refractivity contribution is -0.384. The van der Waals surface area contributed by atoms with Gasteiger partial charge < -0.3 is 15.4 Å². The Labute approximate surface area is 159 Å². The molecule has 0 heterocycles. The summed E-state index contributed by atoms with van der Waals surface area (Å²) in [6.45, 7) is 1.06. The second-order valence-electron chi connectivity index (χ2n) is 6.52. The van der Waals surface area contributed by atoms with E-state index >= 15 is 0 Å². The molecule has 0 spiro atoms. The van der Waals surface area contributed by atoms with Crippen LogP contribution in [0.1, 0.15) is 28.8 Å². The maximum absolute atomic E-state index is 13.7. The van der Waals surface area contributed by atoms with Crippen molar-refractivity contribution in [1.29, 1.82) is 0 Å². The molecule has 0 unspecified atom stereocenters. The van der Waals surface area contributed by atoms with Crippen LogP contribution in [-0.4, -0.2) is 29.4 Å². The molecule has 1 saturated carbocycles. The maximum atomic E-state index is 13.7. The largest absolute Gasteiger partial charge is 0.452 e. The molecular weight excluding hydrogens is 369 g/mol. The Morgan fingerprint density at radius 2 is 1.93 bits per heavy atom. The minimum atomic E-state index is -0.888. The van der Waals surface area contributed by atoms with Gasteiger partial charge in [0.25, 0.3) is 11.6 Å². The summed E-state index contributed by atoms with van der Waals surface area (Å²) >= 11 is 0. The first-order chi connectivity index (χ1) is 13.3. The molecule has 1 aliphatic rings. The van der Waals surface area contributed by atoms with Crippen molar-refractivity contribution in [2.45, 2.75) is 25.8 Å². The molecule has 9 heteroatoms. The Morgan fingerprint density at radius 3 is 2.57 bits per heavy atom. The van der Waals surface area contributed by atoms with Gasteiger partial charge in [-0.05, 0) is 49.6 Å². The summed E-state index contributed by atoms with van der Waals surface area (Å²) in [5.41, 5.74) is 0.701. The van der Waals surface area contributed by atoms with Gasteiger partial charge in [-0.25, -0.2) is 9.18 Å². The van der Waals surface area contributed by atoms with Crippen molar-refractivity contribution in [3.63, 3.8) is 0 Å². The van der Waals surface area contributed by atoms with Crippen LogP contribution in [0.4, 0.5) is 21.5 Å². The lowest BCUT2D eigenvalue weighted by Gasteiger charge is -2.09. The van der Waals surface area contributed by atoms with Gasteiger partial charge in [-0.1, -0.05) is 6.07 Å². The van der Waals surface area contributed by atoms with Crippen LogP contribution in [0.5, 0.6) is 0 Å². The van der Waals surface area contributed by atoms with Crippen LogP contribution in [0.15, 0.2) is 36.4 Å². The van der Waals surface area contributed by atoms with Gasteiger partial charge in [-0.3, -0.25) is 14.9 Å². The van der Waals surface area contributed by atoms with E-state index in [1.54, 1.807) is 13.0 Å². The Bertz CT molecular complexity index is 943. The summed E-state index contributed by atoms with van der Waals surface area (Å²) in [5.74, 6) is -2.22. The van der Waals surface area contributed by atoms with Gasteiger partial charge in [0.1, 0.15) is 11.5 Å². The van der Waals surface area contributed by atoms with Gasteiger partial charge >= 0.3 is 5.97 Å². The number of benzene rings is 2. The molecule has 146 valence electrons. The molecule has 0 radical (unpaired) electrons. The second-order valence-corrected chi connectivity index (χ2v) is 6.52. The summed E-state index contributed by atoms with van der Waals surface area (Å²) in [4.78, 5) is 34.6. The molecule has 0 aliphatic heterocycles. The lowest BCUT2D eigenvalue weighted by Crippen LogP contribution is -2.21. The van der Waals surface area contributed by atoms with Gasteiger partial charge in [0.05, 0.1) is 16.2 Å². The molecule has 1 aliphatic carbocycles. The zero-order valence-electron chi connectivity index (χ0n) is 15.0. The van der Waals surface area contributed by atoms with Crippen LogP contribution in [0, 0.1) is 22.9 Å². The fourth-order valence-electron chi connectivity index (χ4n) is 2.50. The van der Waals surface area contributed by atoms with E-state index in [0.717, 1.165) is 18.9 Å². The number of ether oxygens (including phenoxy) is 1. The Morgan fingerprint density at radius 1 is 1.21 bits per heavy atom. The van der Waals surface area contributed by atoms with Crippen molar-refractivity contribution in [2.75, 3.05) is 17.2 Å². The predicted molar refractivity (Wildman–Crippen MR) is 99.8 cm³/mol. The first-order valence-electron chi connectivity index (χ1n) is 8.61. The van der Waals surface area contributed by atoms with E-state index in [1.165, 1.54) is 24.3 Å². The van der Waals surface area contributed by atoms with Crippen LogP contribution < -0.4 is 10.6 Å². The first-order valence-corrected chi connectivity index (χ1v) is 8.61. The first kappa shape index (κ1) is 19.3. The second kappa shape index (κ2) is 8.03. The highest BCUT2D eigenvalue weighted by molar-refractivity contribution is 5.96. The van der Waals surface area contributed by atoms with Crippen LogP contribution in [-0.2, 0) is 9.53 Å². The quantitative estimate of drug-likeness (QED) is 0.428. The third-order valence-corrected chi connectivity index (χ3v) is 4.10. The minimum Gasteiger partial charge on any atom is -0.452 e. The lowest BCUT2D eigenvalue weighted by atomic mass is 10.1. The fraction of sp³-hybridized carbons (Fsp3) is 0.263. The van der Waals surface area contributed by atoms with Crippen LogP contribution in [0.25, 0.3) is 0 Å². The van der Waals surface area contributed by atoms with E-state index in [1.807, 2.05) is 0 Å². The smallest absolute Gasteiger partial charge is 0.338 e. The summed E-state index contributed by atoms with van der Waals surface area (Å²) in [7, 11) is 0. The summed E-state index contributed by atoms with van der Waals surface area (Å²) in [5, 5.41) is 16.6. The SMILES string of the molecule is Cc1ccc(NC(=O)COC(=O)c2ccc(NC3CC3)c([N+](=O)[O-])c2)c(F)c1. The maximum Gasteiger partial charge on any atom is 0.338 e. The van der Waals surface area contributed by atoms with Crippen molar-refractivity contribution >= 4 is 28.9 Å². The molecule has 28 heavy (non-hydrogen) atoms. The number of hydrogen-bond acceptors (Lipinski definition) is 6. The number of hydrogen-bond donors (Lipinski definition) is 2. The molecule has 2 aromatic rings. The third-order valence-electron chi connectivity index (χ3n) is 4.10. The third kappa shape index (κ3) is 4.81. The van der Waals surface area contributed by atoms with Gasteiger partial charge in [0, 0.05) is 12.1 Å². The highest BCUT2D eigenvalue weighted by Gasteiger charge is 2.26. The van der Waals surface area contributed by atoms with Crippen molar-refractivity contribution in [2.24, 2.45) is 0 Å². The number of carbonyl (C=O) groups is 2. The summed E-state index contributed by atoms with van der Waals surface area (Å²) in [6.07, 6.45) is 1.88. The zero-order valence-corrected chi connectivity index (χ0v) is 15.0. The number of nitro benzene ring substituents is 1. The number of nitro groups is 1. The molecule has 0 saturated heterocycles. The number of aryl methyl sites for hydroxylation is 1. The molecular formula is C19H18FN3O5. The van der Waals surface area contributed by atoms with Crippen LogP contribution in [0.2, 0.25) is 0 Å². The Hall–Kier alpha value is -3.49. The van der Waals surface area contributed by atoms with E-state index in [-0.39, 0.29) is 23.0 Å². The molecule has 8 nitrogen and oxygen atoms in total. The molecule has 1 amide bonds. The molecule has 3 rings (SSSR count). The Balaban J connectivity index is 1.61. The normalized spacial score (nSPS) is 12.9. The predicted octanol–water partition coefficient (Wildman–Crippen LogP) is 3.41. The van der Waals surface area contributed by atoms with Crippen LogP contribution >= 0.6 is 0 Å². The van der Waals surface area contributed by atoms with E-state index in [0.29, 0.717) is 11.3 Å². The molecule has 0 atom stereocenters. The summed E-state index contributed by atoms with van der Waals surface area (Å²) < 4.78 is 18.6. The van der Waals surface area contributed by atoms with Crippen LogP contribution in [0.3, 0.4) is 0 Å². The molecule has 2 aromatic carbocycles. The van der Waals surface area contributed by atoms with Gasteiger partial charge in [-0.15, -0.1) is 0 Å². The monoisotopic (exact) mass is 387 g/mol. The van der Waals surface area contributed by atoms with E-state index < -0.39 is 29.2 Å². The van der Waals surface area contributed by atoms with E-state index in [2.05, 4.69) is 10.6 Å². The highest BCUT2D eigenvalue weighted by Crippen LogP contribution is 2.31. The van der Waals surface area contributed by atoms with E-state index in [9.17, 15) is 24.1 Å². The van der Waals surface area contributed by atoms with Crippen molar-refractivity contribution in [3.8, 4) is 0 Å². The standard InChI is InChI=1S/C19H18FN3O5/c1-11-2-6-15(14(20)8-11)22-18(24)10-28-19(25)12-3-7-16(21-13-4-5-13)17(9-12)23(26)27/h2-3,6-9,13,21H,4-5,10H2,1H3,(H,22,24). The average Bonchev–Trinajstić information content (AvgIpc) is 3.46. The number of carbonyl (C=O) groups excluding carboxylic acids is 2. The topological polar surface area (TPSA) is 111 Å². The minimum absolute atomic E-state index is 0.0298. The number of rotatable bonds is 7. The highest BCUT2D eigenvalue weighted by atomic mass is 19.1. The molecule has 0 bridgehead atoms. The number of nitrogens with zero attached hydrogens (tertiary/aromatic N) is 1. The van der Waals surface area contributed by atoms with E-state index in [4.69, 9.17) is 4.74 Å². The molecule has 1 fully saturated rings. The van der Waals surface area contributed by atoms with Gasteiger partial charge in [0.15, 0.2) is 6.61 Å². The molecule has 2 N–H and O–H groups in total. The number of anilines is 2.